The second-order valence-electron chi connectivity index (χ2n) is 5.68. The average molecular weight is 255 g/mol. The van der Waals surface area contributed by atoms with Crippen molar-refractivity contribution in [3.05, 3.63) is 35.1 Å². The Labute approximate surface area is 115 Å². The van der Waals surface area contributed by atoms with Gasteiger partial charge in [0.15, 0.2) is 0 Å². The first-order chi connectivity index (χ1) is 9.06. The maximum absolute atomic E-state index is 9.21. The van der Waals surface area contributed by atoms with E-state index in [0.29, 0.717) is 17.6 Å². The minimum absolute atomic E-state index is 0.477. The molecule has 2 aromatic rings. The average Bonchev–Trinajstić information content (AvgIpc) is 2.74. The van der Waals surface area contributed by atoms with Crippen LogP contribution in [0.2, 0.25) is 0 Å². The van der Waals surface area contributed by atoms with Gasteiger partial charge in [-0.05, 0) is 42.4 Å². The third kappa shape index (κ3) is 2.66. The van der Waals surface area contributed by atoms with Gasteiger partial charge in [0.1, 0.15) is 11.7 Å². The summed E-state index contributed by atoms with van der Waals surface area (Å²) in [5.74, 6) is 1.53. The van der Waals surface area contributed by atoms with Crippen molar-refractivity contribution in [2.45, 2.75) is 46.5 Å². The Morgan fingerprint density at radius 3 is 2.58 bits per heavy atom. The largest absolute Gasteiger partial charge is 0.445 e. The Balaban J connectivity index is 2.59. The summed E-state index contributed by atoms with van der Waals surface area (Å²) in [6, 6.07) is 8.50. The molecule has 2 rings (SSSR count). The van der Waals surface area contributed by atoms with Crippen LogP contribution in [0.3, 0.4) is 0 Å². The predicted octanol–water partition coefficient (Wildman–Crippen LogP) is 5.02. The van der Waals surface area contributed by atoms with Gasteiger partial charge in [-0.25, -0.2) is 0 Å². The fraction of sp³-hybridized carbons (Fsp3) is 0.471. The molecule has 100 valence electrons. The zero-order chi connectivity index (χ0) is 14.0. The predicted molar refractivity (Wildman–Crippen MR) is 78.2 cm³/mol. The van der Waals surface area contributed by atoms with Gasteiger partial charge >= 0.3 is 0 Å². The molecule has 1 atom stereocenters. The van der Waals surface area contributed by atoms with Crippen LogP contribution < -0.4 is 0 Å². The van der Waals surface area contributed by atoms with Crippen molar-refractivity contribution in [1.82, 2.24) is 0 Å². The molecule has 0 N–H and O–H groups in total. The Morgan fingerprint density at radius 1 is 1.26 bits per heavy atom. The van der Waals surface area contributed by atoms with E-state index in [1.807, 2.05) is 6.07 Å². The van der Waals surface area contributed by atoms with Crippen molar-refractivity contribution >= 4 is 11.0 Å². The van der Waals surface area contributed by atoms with Gasteiger partial charge in [0.25, 0.3) is 0 Å². The first kappa shape index (κ1) is 13.7. The third-order valence-corrected chi connectivity index (χ3v) is 3.71. The van der Waals surface area contributed by atoms with E-state index >= 15 is 0 Å². The molecule has 0 saturated heterocycles. The lowest BCUT2D eigenvalue weighted by Crippen LogP contribution is -1.96. The monoisotopic (exact) mass is 255 g/mol. The molecule has 2 heteroatoms. The van der Waals surface area contributed by atoms with E-state index in [4.69, 9.17) is 4.42 Å². The van der Waals surface area contributed by atoms with Crippen LogP contribution in [0.15, 0.2) is 22.6 Å². The molecule has 1 heterocycles. The third-order valence-electron chi connectivity index (χ3n) is 3.71. The maximum atomic E-state index is 9.21. The van der Waals surface area contributed by atoms with E-state index in [2.05, 4.69) is 45.9 Å². The number of furan rings is 1. The van der Waals surface area contributed by atoms with Gasteiger partial charge in [-0.2, -0.15) is 5.26 Å². The van der Waals surface area contributed by atoms with Crippen molar-refractivity contribution in [3.8, 4) is 6.07 Å². The van der Waals surface area contributed by atoms with Gasteiger partial charge in [0.2, 0.25) is 5.76 Å². The highest BCUT2D eigenvalue weighted by Gasteiger charge is 2.16. The van der Waals surface area contributed by atoms with Crippen molar-refractivity contribution in [1.29, 1.82) is 5.26 Å². The van der Waals surface area contributed by atoms with Crippen LogP contribution in [-0.4, -0.2) is 0 Å². The molecule has 0 aliphatic rings. The smallest absolute Gasteiger partial charge is 0.207 e. The van der Waals surface area contributed by atoms with Crippen molar-refractivity contribution in [2.24, 2.45) is 5.92 Å². The van der Waals surface area contributed by atoms with Crippen LogP contribution >= 0.6 is 0 Å². The van der Waals surface area contributed by atoms with Gasteiger partial charge in [-0.1, -0.05) is 33.8 Å². The second-order valence-corrected chi connectivity index (χ2v) is 5.68. The fourth-order valence-electron chi connectivity index (χ4n) is 2.41. The maximum Gasteiger partial charge on any atom is 0.207 e. The summed E-state index contributed by atoms with van der Waals surface area (Å²) in [6.07, 6.45) is 2.01. The molecule has 0 spiro atoms. The zero-order valence-corrected chi connectivity index (χ0v) is 12.2. The Morgan fingerprint density at radius 2 is 2.00 bits per heavy atom. The SMILES string of the molecule is CCC(C)c1ccc2oc(C#N)c(CC(C)C)c2c1. The van der Waals surface area contributed by atoms with Crippen molar-refractivity contribution < 1.29 is 4.42 Å². The highest BCUT2D eigenvalue weighted by molar-refractivity contribution is 5.84. The van der Waals surface area contributed by atoms with E-state index in [9.17, 15) is 5.26 Å². The van der Waals surface area contributed by atoms with Crippen LogP contribution in [0.4, 0.5) is 0 Å². The molecule has 0 bridgehead atoms. The molecule has 0 radical (unpaired) electrons. The lowest BCUT2D eigenvalue weighted by atomic mass is 9.94. The van der Waals surface area contributed by atoms with Crippen molar-refractivity contribution in [2.75, 3.05) is 0 Å². The summed E-state index contributed by atoms with van der Waals surface area (Å²) in [4.78, 5) is 0. The zero-order valence-electron chi connectivity index (χ0n) is 12.2. The number of nitriles is 1. The van der Waals surface area contributed by atoms with Crippen LogP contribution in [0.5, 0.6) is 0 Å². The lowest BCUT2D eigenvalue weighted by Gasteiger charge is -2.09. The molecular weight excluding hydrogens is 234 g/mol. The van der Waals surface area contributed by atoms with Crippen LogP contribution in [0, 0.1) is 17.2 Å². The summed E-state index contributed by atoms with van der Waals surface area (Å²) in [7, 11) is 0. The molecule has 0 aliphatic carbocycles. The number of fused-ring (bicyclic) bond motifs is 1. The molecule has 1 unspecified atom stereocenters. The summed E-state index contributed by atoms with van der Waals surface area (Å²) >= 11 is 0. The number of benzene rings is 1. The second kappa shape index (κ2) is 5.48. The normalized spacial score (nSPS) is 12.8. The molecule has 0 fully saturated rings. The van der Waals surface area contributed by atoms with E-state index < -0.39 is 0 Å². The highest BCUT2D eigenvalue weighted by atomic mass is 16.3. The summed E-state index contributed by atoms with van der Waals surface area (Å²) < 4.78 is 5.66. The minimum Gasteiger partial charge on any atom is -0.445 e. The van der Waals surface area contributed by atoms with Crippen LogP contribution in [-0.2, 0) is 6.42 Å². The summed E-state index contributed by atoms with van der Waals surface area (Å²) in [5.41, 5.74) is 3.22. The molecule has 2 nitrogen and oxygen atoms in total. The molecule has 1 aromatic carbocycles. The highest BCUT2D eigenvalue weighted by Crippen LogP contribution is 2.31. The topological polar surface area (TPSA) is 36.9 Å². The number of hydrogen-bond donors (Lipinski definition) is 0. The lowest BCUT2D eigenvalue weighted by molar-refractivity contribution is 0.579. The van der Waals surface area contributed by atoms with E-state index in [1.165, 1.54) is 5.56 Å². The van der Waals surface area contributed by atoms with Crippen LogP contribution in [0.25, 0.3) is 11.0 Å². The molecule has 0 saturated carbocycles. The summed E-state index contributed by atoms with van der Waals surface area (Å²) in [5, 5.41) is 10.3. The number of hydrogen-bond acceptors (Lipinski definition) is 2. The Kier molecular flexibility index (Phi) is 3.95. The van der Waals surface area contributed by atoms with Gasteiger partial charge in [0.05, 0.1) is 0 Å². The van der Waals surface area contributed by atoms with Crippen LogP contribution in [0.1, 0.15) is 56.9 Å². The molecular formula is C17H21NO. The molecule has 19 heavy (non-hydrogen) atoms. The van der Waals surface area contributed by atoms with Gasteiger partial charge in [0, 0.05) is 10.9 Å². The Bertz CT molecular complexity index is 616. The first-order valence-electron chi connectivity index (χ1n) is 7.02. The minimum atomic E-state index is 0.477. The number of rotatable bonds is 4. The summed E-state index contributed by atoms with van der Waals surface area (Å²) in [6.45, 7) is 8.76. The first-order valence-corrected chi connectivity index (χ1v) is 7.02. The van der Waals surface area contributed by atoms with Crippen molar-refractivity contribution in [3.63, 3.8) is 0 Å². The Hall–Kier alpha value is -1.75. The van der Waals surface area contributed by atoms with Gasteiger partial charge < -0.3 is 4.42 Å². The number of nitrogens with zero attached hydrogens (tertiary/aromatic N) is 1. The quantitative estimate of drug-likeness (QED) is 0.769. The van der Waals surface area contributed by atoms with E-state index in [-0.39, 0.29) is 0 Å². The van der Waals surface area contributed by atoms with E-state index in [0.717, 1.165) is 29.4 Å². The molecule has 1 aromatic heterocycles. The standard InChI is InChI=1S/C17H21NO/c1-5-12(4)13-6-7-16-15(9-13)14(8-11(2)3)17(10-18)19-16/h6-7,9,11-12H,5,8H2,1-4H3. The van der Waals surface area contributed by atoms with Gasteiger partial charge in [-0.3, -0.25) is 0 Å². The fourth-order valence-corrected chi connectivity index (χ4v) is 2.41. The molecule has 0 aliphatic heterocycles. The van der Waals surface area contributed by atoms with Gasteiger partial charge in [-0.15, -0.1) is 0 Å². The van der Waals surface area contributed by atoms with E-state index in [1.54, 1.807) is 0 Å². The molecule has 0 amide bonds.